The molecule has 0 amide bonds. The smallest absolute Gasteiger partial charge is 0.132 e. The summed E-state index contributed by atoms with van der Waals surface area (Å²) in [6.07, 6.45) is 0.791. The van der Waals surface area contributed by atoms with Gasteiger partial charge in [0.1, 0.15) is 5.78 Å². The maximum Gasteiger partial charge on any atom is 0.132 e. The largest absolute Gasteiger partial charge is 0.541 e. The fraction of sp³-hybridized carbons (Fsp3) is 0.750. The fourth-order valence-electron chi connectivity index (χ4n) is 0.595. The zero-order chi connectivity index (χ0) is 9.07. The number of hydrogen-bond donors (Lipinski definition) is 1. The zero-order valence-electron chi connectivity index (χ0n) is 7.63. The molecule has 1 radical (unpaired) electrons. The molecule has 0 aliphatic rings. The van der Waals surface area contributed by atoms with Crippen LogP contribution >= 0.6 is 0 Å². The van der Waals surface area contributed by atoms with Gasteiger partial charge in [0.05, 0.1) is 0 Å². The Hall–Kier alpha value is 0.404. The van der Waals surface area contributed by atoms with Gasteiger partial charge in [-0.05, 0) is 6.92 Å². The van der Waals surface area contributed by atoms with E-state index in [2.05, 4.69) is 0 Å². The van der Waals surface area contributed by atoms with Gasteiger partial charge in [0.15, 0.2) is 0 Å². The third kappa shape index (κ3) is 5.12. The molecule has 0 saturated heterocycles. The standard InChI is InChI=1S/C8H13O3.Y/c1-6(10)4-7(11)8(2,3)5-9;/h7,11H,4H2,1-3H3;/q-1;/t7-;/m1./s1. The van der Waals surface area contributed by atoms with Gasteiger partial charge in [-0.3, -0.25) is 11.1 Å². The van der Waals surface area contributed by atoms with Gasteiger partial charge in [-0.15, -0.1) is 5.41 Å². The molecular formula is C8H13O3Y-. The average Bonchev–Trinajstić information content (AvgIpc) is 1.86. The first-order valence-corrected chi connectivity index (χ1v) is 3.47. The van der Waals surface area contributed by atoms with Crippen molar-refractivity contribution in [3.05, 3.63) is 0 Å². The molecule has 0 aliphatic carbocycles. The minimum absolute atomic E-state index is 0. The van der Waals surface area contributed by atoms with Crippen LogP contribution in [-0.2, 0) is 42.3 Å². The third-order valence-electron chi connectivity index (χ3n) is 1.58. The van der Waals surface area contributed by atoms with Crippen LogP contribution < -0.4 is 0 Å². The number of carbonyl (C=O) groups is 1. The van der Waals surface area contributed by atoms with Crippen molar-refractivity contribution >= 4 is 12.1 Å². The van der Waals surface area contributed by atoms with Crippen molar-refractivity contribution in [3.8, 4) is 0 Å². The van der Waals surface area contributed by atoms with Crippen molar-refractivity contribution in [2.75, 3.05) is 0 Å². The van der Waals surface area contributed by atoms with Crippen molar-refractivity contribution in [1.29, 1.82) is 0 Å². The summed E-state index contributed by atoms with van der Waals surface area (Å²) in [5, 5.41) is 9.26. The Labute approximate surface area is 97.8 Å². The molecule has 67 valence electrons. The Morgan fingerprint density at radius 3 is 2.25 bits per heavy atom. The van der Waals surface area contributed by atoms with E-state index in [9.17, 15) is 14.7 Å². The van der Waals surface area contributed by atoms with Crippen molar-refractivity contribution in [2.24, 2.45) is 5.41 Å². The SMILES string of the molecule is CC(=O)C[C@@H](O)C(C)(C)[C-]=O.[Y]. The molecule has 3 nitrogen and oxygen atoms in total. The molecule has 0 aromatic heterocycles. The second kappa shape index (κ2) is 5.95. The minimum atomic E-state index is -0.939. The molecule has 12 heavy (non-hydrogen) atoms. The van der Waals surface area contributed by atoms with Crippen LogP contribution in [0.5, 0.6) is 0 Å². The second-order valence-corrected chi connectivity index (χ2v) is 3.25. The van der Waals surface area contributed by atoms with Crippen LogP contribution in [0.15, 0.2) is 0 Å². The van der Waals surface area contributed by atoms with Crippen LogP contribution in [0.2, 0.25) is 0 Å². The number of ketones is 1. The Morgan fingerprint density at radius 2 is 2.00 bits per heavy atom. The first-order valence-electron chi connectivity index (χ1n) is 3.47. The molecule has 0 unspecified atom stereocenters. The van der Waals surface area contributed by atoms with Gasteiger partial charge in [0, 0.05) is 45.2 Å². The summed E-state index contributed by atoms with van der Waals surface area (Å²) >= 11 is 0. The van der Waals surface area contributed by atoms with Crippen LogP contribution in [0.3, 0.4) is 0 Å². The van der Waals surface area contributed by atoms with E-state index >= 15 is 0 Å². The van der Waals surface area contributed by atoms with Crippen LogP contribution in [0.1, 0.15) is 27.2 Å². The van der Waals surface area contributed by atoms with Gasteiger partial charge >= 0.3 is 0 Å². The molecule has 0 heterocycles. The van der Waals surface area contributed by atoms with Gasteiger partial charge < -0.3 is 9.90 Å². The molecule has 0 fully saturated rings. The number of aliphatic hydroxyl groups is 1. The number of rotatable bonds is 4. The molecule has 0 aromatic carbocycles. The number of hydrogen-bond acceptors (Lipinski definition) is 3. The number of aliphatic hydroxyl groups excluding tert-OH is 1. The van der Waals surface area contributed by atoms with Crippen LogP contribution in [-0.4, -0.2) is 23.3 Å². The van der Waals surface area contributed by atoms with E-state index < -0.39 is 11.5 Å². The van der Waals surface area contributed by atoms with Gasteiger partial charge in [-0.1, -0.05) is 13.8 Å². The second-order valence-electron chi connectivity index (χ2n) is 3.25. The van der Waals surface area contributed by atoms with Gasteiger partial charge in [-0.25, -0.2) is 0 Å². The molecular weight excluding hydrogens is 233 g/mol. The fourth-order valence-corrected chi connectivity index (χ4v) is 0.595. The van der Waals surface area contributed by atoms with Gasteiger partial charge in [0.2, 0.25) is 0 Å². The summed E-state index contributed by atoms with van der Waals surface area (Å²) in [4.78, 5) is 20.8. The predicted octanol–water partition coefficient (Wildman–Crippen LogP) is 0.460. The first kappa shape index (κ1) is 14.9. The summed E-state index contributed by atoms with van der Waals surface area (Å²) in [5.74, 6) is -0.124. The first-order chi connectivity index (χ1) is 4.90. The molecule has 0 saturated carbocycles. The summed E-state index contributed by atoms with van der Waals surface area (Å²) in [5.41, 5.74) is -0.939. The van der Waals surface area contributed by atoms with Crippen molar-refractivity contribution in [1.82, 2.24) is 0 Å². The normalized spacial score (nSPS) is 13.0. The zero-order valence-corrected chi connectivity index (χ0v) is 10.5. The maximum absolute atomic E-state index is 10.5. The Kier molecular flexibility index (Phi) is 7.39. The molecule has 0 rings (SSSR count). The van der Waals surface area contributed by atoms with E-state index in [1.165, 1.54) is 6.92 Å². The van der Waals surface area contributed by atoms with Crippen molar-refractivity contribution in [3.63, 3.8) is 0 Å². The Balaban J connectivity index is 0. The molecule has 0 bridgehead atoms. The van der Waals surface area contributed by atoms with Crippen molar-refractivity contribution in [2.45, 2.75) is 33.3 Å². The molecule has 0 spiro atoms. The van der Waals surface area contributed by atoms with Crippen LogP contribution in [0, 0.1) is 5.41 Å². The average molecular weight is 246 g/mol. The van der Waals surface area contributed by atoms with Crippen molar-refractivity contribution < 1.29 is 47.4 Å². The number of Topliss-reactive ketones (excluding diaryl/α,β-unsaturated/α-hetero) is 1. The van der Waals surface area contributed by atoms with E-state index in [0.29, 0.717) is 0 Å². The summed E-state index contributed by atoms with van der Waals surface area (Å²) < 4.78 is 0. The Morgan fingerprint density at radius 1 is 1.58 bits per heavy atom. The Bertz CT molecular complexity index is 166. The topological polar surface area (TPSA) is 54.4 Å². The van der Waals surface area contributed by atoms with E-state index in [4.69, 9.17) is 0 Å². The summed E-state index contributed by atoms with van der Waals surface area (Å²) in [6, 6.07) is 0. The molecule has 0 aromatic rings. The van der Waals surface area contributed by atoms with E-state index in [-0.39, 0.29) is 44.9 Å². The third-order valence-corrected chi connectivity index (χ3v) is 1.58. The monoisotopic (exact) mass is 246 g/mol. The van der Waals surface area contributed by atoms with Gasteiger partial charge in [0.25, 0.3) is 0 Å². The summed E-state index contributed by atoms with van der Waals surface area (Å²) in [7, 11) is 0. The van der Waals surface area contributed by atoms with E-state index in [1.54, 1.807) is 20.1 Å². The van der Waals surface area contributed by atoms with Crippen LogP contribution in [0.25, 0.3) is 0 Å². The predicted molar refractivity (Wildman–Crippen MR) is 40.8 cm³/mol. The van der Waals surface area contributed by atoms with Gasteiger partial charge in [-0.2, -0.15) is 0 Å². The summed E-state index contributed by atoms with van der Waals surface area (Å²) in [6.45, 7) is 4.48. The molecule has 4 heteroatoms. The minimum Gasteiger partial charge on any atom is -0.541 e. The molecule has 0 aliphatic heterocycles. The van der Waals surface area contributed by atoms with E-state index in [0.717, 1.165) is 0 Å². The molecule has 1 atom stereocenters. The maximum atomic E-state index is 10.5. The number of carbonyl (C=O) groups excluding carboxylic acids is 2. The van der Waals surface area contributed by atoms with E-state index in [1.807, 2.05) is 0 Å². The van der Waals surface area contributed by atoms with Crippen LogP contribution in [0.4, 0.5) is 0 Å². The quantitative estimate of drug-likeness (QED) is 0.733. The molecule has 1 N–H and O–H groups in total.